The van der Waals surface area contributed by atoms with Crippen LogP contribution in [0.3, 0.4) is 0 Å². The van der Waals surface area contributed by atoms with E-state index in [9.17, 15) is 9.18 Å². The van der Waals surface area contributed by atoms with E-state index in [1.54, 1.807) is 21.8 Å². The maximum absolute atomic E-state index is 13.6. The highest BCUT2D eigenvalue weighted by atomic mass is 35.5. The van der Waals surface area contributed by atoms with Crippen LogP contribution in [0.15, 0.2) is 24.4 Å². The molecule has 1 amide bonds. The maximum atomic E-state index is 13.6. The number of halogens is 3. The number of nitrogens with zero attached hydrogens (tertiary/aromatic N) is 5. The zero-order valence-corrected chi connectivity index (χ0v) is 16.6. The van der Waals surface area contributed by atoms with E-state index in [1.807, 2.05) is 11.9 Å². The highest BCUT2D eigenvalue weighted by Crippen LogP contribution is 2.33. The number of carbonyl (C=O) groups is 1. The molecule has 0 saturated carbocycles. The van der Waals surface area contributed by atoms with Crippen molar-refractivity contribution in [2.24, 2.45) is 0 Å². The molecule has 7 nitrogen and oxygen atoms in total. The van der Waals surface area contributed by atoms with E-state index >= 15 is 0 Å². The molecule has 1 saturated heterocycles. The van der Waals surface area contributed by atoms with Gasteiger partial charge in [0.1, 0.15) is 5.82 Å². The zero-order chi connectivity index (χ0) is 17.4. The van der Waals surface area contributed by atoms with Crippen molar-refractivity contribution in [2.45, 2.75) is 18.9 Å². The molecule has 148 valence electrons. The Balaban J connectivity index is 0.00000131. The molecule has 1 N–H and O–H groups in total. The predicted molar refractivity (Wildman–Crippen MR) is 107 cm³/mol. The molecule has 10 heteroatoms. The van der Waals surface area contributed by atoms with Crippen LogP contribution in [0.5, 0.6) is 0 Å². The monoisotopic (exact) mass is 416 g/mol. The fourth-order valence-corrected chi connectivity index (χ4v) is 3.50. The molecule has 1 aromatic heterocycles. The third kappa shape index (κ3) is 4.17. The SMILES string of the molecule is CN1CCN(C(=O)c2cn(C3CCNCC3)nn2)c2ccc(F)cc21.Cl.Cl. The molecule has 2 aliphatic rings. The molecule has 1 aromatic carbocycles. The molecule has 0 atom stereocenters. The molecule has 1 fully saturated rings. The first kappa shape index (κ1) is 21.4. The summed E-state index contributed by atoms with van der Waals surface area (Å²) in [4.78, 5) is 16.5. The van der Waals surface area contributed by atoms with Gasteiger partial charge in [-0.15, -0.1) is 29.9 Å². The molecule has 0 radical (unpaired) electrons. The van der Waals surface area contributed by atoms with E-state index in [-0.39, 0.29) is 42.6 Å². The summed E-state index contributed by atoms with van der Waals surface area (Å²) in [6.07, 6.45) is 3.70. The Hall–Kier alpha value is -1.90. The number of rotatable bonds is 2. The van der Waals surface area contributed by atoms with E-state index in [4.69, 9.17) is 0 Å². The second-order valence-corrected chi connectivity index (χ2v) is 6.58. The average molecular weight is 417 g/mol. The summed E-state index contributed by atoms with van der Waals surface area (Å²) in [5, 5.41) is 11.6. The molecule has 2 aliphatic heterocycles. The number of nitrogens with one attached hydrogen (secondary N) is 1. The first-order chi connectivity index (χ1) is 12.1. The molecule has 0 unspecified atom stereocenters. The van der Waals surface area contributed by atoms with E-state index in [0.717, 1.165) is 25.9 Å². The Morgan fingerprint density at radius 3 is 2.67 bits per heavy atom. The Bertz CT molecular complexity index is 795. The third-order valence-corrected chi connectivity index (χ3v) is 4.96. The number of carbonyl (C=O) groups excluding carboxylic acids is 1. The van der Waals surface area contributed by atoms with Crippen LogP contribution in [0.1, 0.15) is 29.4 Å². The van der Waals surface area contributed by atoms with Crippen LogP contribution in [0, 0.1) is 5.82 Å². The van der Waals surface area contributed by atoms with E-state index in [2.05, 4.69) is 15.6 Å². The van der Waals surface area contributed by atoms with Gasteiger partial charge in [0.25, 0.3) is 5.91 Å². The minimum Gasteiger partial charge on any atom is -0.371 e. The topological polar surface area (TPSA) is 66.3 Å². The van der Waals surface area contributed by atoms with Crippen LogP contribution >= 0.6 is 24.8 Å². The average Bonchev–Trinajstić information content (AvgIpc) is 3.13. The summed E-state index contributed by atoms with van der Waals surface area (Å²) in [6, 6.07) is 4.77. The van der Waals surface area contributed by atoms with Crippen molar-refractivity contribution in [2.75, 3.05) is 43.0 Å². The number of fused-ring (bicyclic) bond motifs is 1. The van der Waals surface area contributed by atoms with Gasteiger partial charge in [-0.2, -0.15) is 0 Å². The van der Waals surface area contributed by atoms with Gasteiger partial charge in [-0.1, -0.05) is 5.21 Å². The van der Waals surface area contributed by atoms with Crippen molar-refractivity contribution < 1.29 is 9.18 Å². The number of piperidine rings is 1. The van der Waals surface area contributed by atoms with E-state index in [0.29, 0.717) is 30.2 Å². The van der Waals surface area contributed by atoms with Gasteiger partial charge in [-0.3, -0.25) is 4.79 Å². The molecular formula is C17H23Cl2FN6O. The summed E-state index contributed by atoms with van der Waals surface area (Å²) >= 11 is 0. The van der Waals surface area contributed by atoms with Crippen LogP contribution in [-0.2, 0) is 0 Å². The van der Waals surface area contributed by atoms with Crippen LogP contribution in [0.25, 0.3) is 0 Å². The molecule has 0 bridgehead atoms. The zero-order valence-electron chi connectivity index (χ0n) is 15.0. The van der Waals surface area contributed by atoms with E-state index in [1.165, 1.54) is 12.1 Å². The summed E-state index contributed by atoms with van der Waals surface area (Å²) in [7, 11) is 1.90. The minimum atomic E-state index is -0.309. The lowest BCUT2D eigenvalue weighted by Gasteiger charge is -2.35. The first-order valence-corrected chi connectivity index (χ1v) is 8.58. The second kappa shape index (κ2) is 8.86. The summed E-state index contributed by atoms with van der Waals surface area (Å²) < 4.78 is 15.4. The summed E-state index contributed by atoms with van der Waals surface area (Å²) in [5.74, 6) is -0.502. The standard InChI is InChI=1S/C17H21FN6O.2ClH/c1-22-8-9-23(15-3-2-12(18)10-16(15)22)17(25)14-11-24(21-20-14)13-4-6-19-7-5-13;;/h2-3,10-11,13,19H,4-9H2,1H3;2*1H. The summed E-state index contributed by atoms with van der Waals surface area (Å²) in [6.45, 7) is 3.08. The predicted octanol–water partition coefficient (Wildman–Crippen LogP) is 2.28. The number of hydrogen-bond donors (Lipinski definition) is 1. The molecular weight excluding hydrogens is 394 g/mol. The first-order valence-electron chi connectivity index (χ1n) is 8.58. The maximum Gasteiger partial charge on any atom is 0.280 e. The van der Waals surface area contributed by atoms with Crippen molar-refractivity contribution in [1.29, 1.82) is 0 Å². The van der Waals surface area contributed by atoms with Crippen molar-refractivity contribution in [1.82, 2.24) is 20.3 Å². The van der Waals surface area contributed by atoms with Crippen LogP contribution in [0.2, 0.25) is 0 Å². The molecule has 27 heavy (non-hydrogen) atoms. The van der Waals surface area contributed by atoms with Gasteiger partial charge in [-0.25, -0.2) is 9.07 Å². The van der Waals surface area contributed by atoms with Crippen LogP contribution in [0.4, 0.5) is 15.8 Å². The smallest absolute Gasteiger partial charge is 0.280 e. The number of anilines is 2. The number of likely N-dealkylation sites (N-methyl/N-ethyl adjacent to an activating group) is 1. The van der Waals surface area contributed by atoms with Gasteiger partial charge >= 0.3 is 0 Å². The van der Waals surface area contributed by atoms with Gasteiger partial charge in [0.15, 0.2) is 5.69 Å². The van der Waals surface area contributed by atoms with Crippen molar-refractivity contribution in [3.05, 3.63) is 35.9 Å². The fraction of sp³-hybridized carbons (Fsp3) is 0.471. The minimum absolute atomic E-state index is 0. The highest BCUT2D eigenvalue weighted by Gasteiger charge is 2.28. The lowest BCUT2D eigenvalue weighted by atomic mass is 10.1. The number of aromatic nitrogens is 3. The van der Waals surface area contributed by atoms with Crippen LogP contribution < -0.4 is 15.1 Å². The Morgan fingerprint density at radius 2 is 1.93 bits per heavy atom. The number of hydrogen-bond acceptors (Lipinski definition) is 5. The lowest BCUT2D eigenvalue weighted by Crippen LogP contribution is -2.42. The fourth-order valence-electron chi connectivity index (χ4n) is 3.50. The van der Waals surface area contributed by atoms with Gasteiger partial charge < -0.3 is 15.1 Å². The molecule has 4 rings (SSSR count). The Kier molecular flexibility index (Phi) is 7.02. The molecule has 0 spiro atoms. The quantitative estimate of drug-likeness (QED) is 0.813. The third-order valence-electron chi connectivity index (χ3n) is 4.96. The van der Waals surface area contributed by atoms with Gasteiger partial charge in [0.2, 0.25) is 0 Å². The van der Waals surface area contributed by atoms with Crippen molar-refractivity contribution in [3.63, 3.8) is 0 Å². The Labute approximate surface area is 169 Å². The lowest BCUT2D eigenvalue weighted by molar-refractivity contribution is 0.0982. The molecule has 0 aliphatic carbocycles. The van der Waals surface area contributed by atoms with Gasteiger partial charge in [0, 0.05) is 20.1 Å². The van der Waals surface area contributed by atoms with Gasteiger partial charge in [0.05, 0.1) is 23.6 Å². The normalized spacial score (nSPS) is 17.0. The number of amides is 1. The van der Waals surface area contributed by atoms with Crippen molar-refractivity contribution >= 4 is 42.1 Å². The van der Waals surface area contributed by atoms with Gasteiger partial charge in [-0.05, 0) is 44.1 Å². The largest absolute Gasteiger partial charge is 0.371 e. The van der Waals surface area contributed by atoms with Crippen molar-refractivity contribution in [3.8, 4) is 0 Å². The van der Waals surface area contributed by atoms with Crippen LogP contribution in [-0.4, -0.2) is 54.1 Å². The number of benzene rings is 1. The molecule has 3 heterocycles. The second-order valence-electron chi connectivity index (χ2n) is 6.58. The summed E-state index contributed by atoms with van der Waals surface area (Å²) in [5.41, 5.74) is 1.75. The molecule has 2 aromatic rings. The van der Waals surface area contributed by atoms with E-state index < -0.39 is 0 Å². The highest BCUT2D eigenvalue weighted by molar-refractivity contribution is 6.07. The Morgan fingerprint density at radius 1 is 1.19 bits per heavy atom.